The molecule has 2 bridgehead atoms. The molecule has 22 heavy (non-hydrogen) atoms. The molecular formula is C13H15N5O4. The minimum atomic E-state index is -0.933. The summed E-state index contributed by atoms with van der Waals surface area (Å²) in [4.78, 5) is 12.6. The Morgan fingerprint density at radius 3 is 2.82 bits per heavy atom. The molecule has 0 aromatic carbocycles. The van der Waals surface area contributed by atoms with Crippen LogP contribution < -0.4 is 5.73 Å². The van der Waals surface area contributed by atoms with Gasteiger partial charge in [-0.05, 0) is 13.8 Å². The van der Waals surface area contributed by atoms with Crippen LogP contribution in [0.1, 0.15) is 32.0 Å². The summed E-state index contributed by atoms with van der Waals surface area (Å²) in [5.41, 5.74) is 6.84. The van der Waals surface area contributed by atoms with E-state index in [0.717, 1.165) is 0 Å². The van der Waals surface area contributed by atoms with E-state index in [4.69, 9.17) is 19.9 Å². The number of fused-ring (bicyclic) bond motifs is 9. The molecule has 0 amide bonds. The molecule has 0 saturated carbocycles. The summed E-state index contributed by atoms with van der Waals surface area (Å²) in [6.45, 7) is 3.70. The minimum absolute atomic E-state index is 0.274. The number of aromatic nitrogens is 4. The largest absolute Gasteiger partial charge is 0.382 e. The Labute approximate surface area is 125 Å². The van der Waals surface area contributed by atoms with Crippen molar-refractivity contribution in [2.24, 2.45) is 0 Å². The second kappa shape index (κ2) is 3.74. The molecule has 5 unspecified atom stereocenters. The second-order valence-electron chi connectivity index (χ2n) is 6.27. The Morgan fingerprint density at radius 2 is 2.00 bits per heavy atom. The van der Waals surface area contributed by atoms with Gasteiger partial charge in [-0.15, -0.1) is 0 Å². The summed E-state index contributed by atoms with van der Waals surface area (Å²) >= 11 is 0. The van der Waals surface area contributed by atoms with E-state index in [9.17, 15) is 5.11 Å². The SMILES string of the molecule is CC1(C)OC2C3OC(C2O1)n1c(nc2c(N)ncnc21)C3O. The Hall–Kier alpha value is -1.81. The molecule has 2 aromatic rings. The fourth-order valence-electron chi connectivity index (χ4n) is 3.62. The molecule has 3 aliphatic heterocycles. The first-order valence-corrected chi connectivity index (χ1v) is 7.14. The van der Waals surface area contributed by atoms with E-state index in [1.807, 2.05) is 13.8 Å². The van der Waals surface area contributed by atoms with Gasteiger partial charge in [0, 0.05) is 0 Å². The van der Waals surface area contributed by atoms with Crippen LogP contribution in [-0.4, -0.2) is 48.7 Å². The van der Waals surface area contributed by atoms with Gasteiger partial charge >= 0.3 is 0 Å². The number of ether oxygens (including phenoxy) is 3. The molecule has 3 aliphatic rings. The van der Waals surface area contributed by atoms with Crippen LogP contribution in [0, 0.1) is 0 Å². The predicted molar refractivity (Wildman–Crippen MR) is 72.4 cm³/mol. The van der Waals surface area contributed by atoms with Crippen molar-refractivity contribution >= 4 is 17.0 Å². The van der Waals surface area contributed by atoms with E-state index in [1.54, 1.807) is 4.57 Å². The van der Waals surface area contributed by atoms with E-state index in [2.05, 4.69) is 15.0 Å². The summed E-state index contributed by atoms with van der Waals surface area (Å²) < 4.78 is 19.5. The van der Waals surface area contributed by atoms with Crippen LogP contribution in [0.3, 0.4) is 0 Å². The molecule has 116 valence electrons. The maximum atomic E-state index is 10.6. The summed E-state index contributed by atoms with van der Waals surface area (Å²) in [5.74, 6) is 0.0235. The fourth-order valence-corrected chi connectivity index (χ4v) is 3.62. The van der Waals surface area contributed by atoms with Gasteiger partial charge in [-0.3, -0.25) is 4.57 Å². The molecule has 9 heteroatoms. The molecule has 0 aliphatic carbocycles. The highest BCUT2D eigenvalue weighted by atomic mass is 16.8. The van der Waals surface area contributed by atoms with Gasteiger partial charge in [0.2, 0.25) is 0 Å². The number of nitrogen functional groups attached to an aromatic ring is 1. The number of hydrogen-bond donors (Lipinski definition) is 2. The van der Waals surface area contributed by atoms with E-state index in [0.29, 0.717) is 17.0 Å². The highest BCUT2D eigenvalue weighted by molar-refractivity contribution is 5.82. The topological polar surface area (TPSA) is 118 Å². The lowest BCUT2D eigenvalue weighted by molar-refractivity contribution is -0.217. The van der Waals surface area contributed by atoms with Gasteiger partial charge in [0.05, 0.1) is 0 Å². The van der Waals surface area contributed by atoms with Gasteiger partial charge in [-0.2, -0.15) is 0 Å². The highest BCUT2D eigenvalue weighted by Crippen LogP contribution is 2.50. The van der Waals surface area contributed by atoms with Crippen LogP contribution in [0.15, 0.2) is 6.33 Å². The van der Waals surface area contributed by atoms with Crippen molar-refractivity contribution in [3.63, 3.8) is 0 Å². The van der Waals surface area contributed by atoms with Crippen molar-refractivity contribution in [1.82, 2.24) is 19.5 Å². The number of anilines is 1. The summed E-state index contributed by atoms with van der Waals surface area (Å²) in [7, 11) is 0. The van der Waals surface area contributed by atoms with Crippen molar-refractivity contribution < 1.29 is 19.3 Å². The number of nitrogens with two attached hydrogens (primary N) is 1. The Bertz CT molecular complexity index is 790. The number of imidazole rings is 1. The molecule has 5 heterocycles. The van der Waals surface area contributed by atoms with Crippen molar-refractivity contribution in [2.75, 3.05) is 5.73 Å². The monoisotopic (exact) mass is 305 g/mol. The van der Waals surface area contributed by atoms with Crippen LogP contribution in [0.2, 0.25) is 0 Å². The Balaban J connectivity index is 1.73. The molecule has 5 rings (SSSR count). The normalized spacial score (nSPS) is 38.2. The molecular weight excluding hydrogens is 290 g/mol. The van der Waals surface area contributed by atoms with Gasteiger partial charge in [-0.25, -0.2) is 15.0 Å². The number of rotatable bonds is 0. The third kappa shape index (κ3) is 1.39. The summed E-state index contributed by atoms with van der Waals surface area (Å²) in [5, 5.41) is 10.6. The molecule has 0 radical (unpaired) electrons. The highest BCUT2D eigenvalue weighted by Gasteiger charge is 2.61. The van der Waals surface area contributed by atoms with Crippen molar-refractivity contribution in [2.45, 2.75) is 50.3 Å². The number of nitrogens with zero attached hydrogens (tertiary/aromatic N) is 4. The average Bonchev–Trinajstić information content (AvgIpc) is 3.06. The average molecular weight is 305 g/mol. The van der Waals surface area contributed by atoms with E-state index in [-0.39, 0.29) is 18.0 Å². The van der Waals surface area contributed by atoms with Crippen molar-refractivity contribution in [1.29, 1.82) is 0 Å². The number of hydrogen-bond acceptors (Lipinski definition) is 8. The molecule has 2 aromatic heterocycles. The zero-order chi connectivity index (χ0) is 15.2. The van der Waals surface area contributed by atoms with Gasteiger partial charge in [0.25, 0.3) is 0 Å². The lowest BCUT2D eigenvalue weighted by Gasteiger charge is -2.31. The molecule has 2 fully saturated rings. The summed E-state index contributed by atoms with van der Waals surface area (Å²) in [6, 6.07) is 0. The quantitative estimate of drug-likeness (QED) is 0.691. The van der Waals surface area contributed by atoms with Gasteiger partial charge in [-0.1, -0.05) is 0 Å². The minimum Gasteiger partial charge on any atom is -0.382 e. The number of aliphatic hydroxyl groups is 1. The van der Waals surface area contributed by atoms with E-state index in [1.165, 1.54) is 6.33 Å². The summed E-state index contributed by atoms with van der Waals surface area (Å²) in [6.07, 6.45) is -1.20. The third-order valence-electron chi connectivity index (χ3n) is 4.43. The Kier molecular flexibility index (Phi) is 2.16. The maximum Gasteiger partial charge on any atom is 0.167 e. The van der Waals surface area contributed by atoms with Crippen molar-refractivity contribution in [3.8, 4) is 0 Å². The first-order valence-electron chi connectivity index (χ1n) is 7.14. The van der Waals surface area contributed by atoms with E-state index >= 15 is 0 Å². The van der Waals surface area contributed by atoms with E-state index < -0.39 is 24.2 Å². The third-order valence-corrected chi connectivity index (χ3v) is 4.43. The van der Waals surface area contributed by atoms with Gasteiger partial charge < -0.3 is 25.1 Å². The van der Waals surface area contributed by atoms with Crippen LogP contribution in [0.25, 0.3) is 11.2 Å². The maximum absolute atomic E-state index is 10.6. The standard InChI is InChI=1S/C13H15N5O4/c1-13(2)21-7-6-5(19)11-17-4-9(14)15-3-16-10(4)18(11)12(20-6)8(7)22-13/h3,5-8,12,19H,1-2H3,(H2,14,15,16). The van der Waals surface area contributed by atoms with Gasteiger partial charge in [0.15, 0.2) is 29.0 Å². The number of aliphatic hydroxyl groups excluding tert-OH is 1. The van der Waals surface area contributed by atoms with Crippen LogP contribution in [0.4, 0.5) is 5.82 Å². The first-order chi connectivity index (χ1) is 10.5. The first kappa shape index (κ1) is 12.7. The van der Waals surface area contributed by atoms with Crippen LogP contribution >= 0.6 is 0 Å². The second-order valence-corrected chi connectivity index (χ2v) is 6.27. The zero-order valence-electron chi connectivity index (χ0n) is 12.0. The molecule has 9 nitrogen and oxygen atoms in total. The van der Waals surface area contributed by atoms with Crippen LogP contribution in [0.5, 0.6) is 0 Å². The van der Waals surface area contributed by atoms with Crippen molar-refractivity contribution in [3.05, 3.63) is 12.2 Å². The predicted octanol–water partition coefficient (Wildman–Crippen LogP) is -0.127. The zero-order valence-corrected chi connectivity index (χ0v) is 12.0. The molecule has 3 N–H and O–H groups in total. The molecule has 2 saturated heterocycles. The lowest BCUT2D eigenvalue weighted by atomic mass is 10.1. The molecule has 0 spiro atoms. The van der Waals surface area contributed by atoms with Crippen LogP contribution in [-0.2, 0) is 14.2 Å². The Morgan fingerprint density at radius 1 is 1.23 bits per heavy atom. The lowest BCUT2D eigenvalue weighted by Crippen LogP contribution is -2.36. The van der Waals surface area contributed by atoms with Gasteiger partial charge in [0.1, 0.15) is 36.6 Å². The fraction of sp³-hybridized carbons (Fsp3) is 0.615. The smallest absolute Gasteiger partial charge is 0.167 e. The molecule has 5 atom stereocenters.